The topological polar surface area (TPSA) is 154 Å². The number of carbonyl (C=O) groups excluding carboxylic acids is 1. The highest BCUT2D eigenvalue weighted by molar-refractivity contribution is 6.02. The van der Waals surface area contributed by atoms with Crippen molar-refractivity contribution in [3.8, 4) is 34.3 Å². The molecule has 0 aliphatic carbocycles. The van der Waals surface area contributed by atoms with E-state index in [1.165, 1.54) is 6.08 Å². The Labute approximate surface area is 273 Å². The first kappa shape index (κ1) is 33.0. The molecule has 0 saturated heterocycles. The van der Waals surface area contributed by atoms with Crippen LogP contribution in [0.1, 0.15) is 12.2 Å². The van der Waals surface area contributed by atoms with Crippen molar-refractivity contribution in [2.45, 2.75) is 12.8 Å². The van der Waals surface area contributed by atoms with Crippen molar-refractivity contribution in [3.63, 3.8) is 0 Å². The number of aromatic nitrogens is 4. The molecular weight excluding hydrogens is 600 g/mol. The lowest BCUT2D eigenvalue weighted by atomic mass is 10.1. The Hall–Kier alpha value is -5.40. The van der Waals surface area contributed by atoms with Crippen molar-refractivity contribution in [2.75, 3.05) is 70.6 Å². The van der Waals surface area contributed by atoms with Crippen molar-refractivity contribution in [1.82, 2.24) is 24.8 Å². The van der Waals surface area contributed by atoms with Gasteiger partial charge in [-0.05, 0) is 44.8 Å². The van der Waals surface area contributed by atoms with Gasteiger partial charge in [0.25, 0.3) is 5.95 Å². The molecule has 0 aliphatic heterocycles. The van der Waals surface area contributed by atoms with E-state index < -0.39 is 0 Å². The van der Waals surface area contributed by atoms with E-state index in [-0.39, 0.29) is 12.5 Å². The second-order valence-electron chi connectivity index (χ2n) is 11.1. The second kappa shape index (κ2) is 14.8. The fourth-order valence-electron chi connectivity index (χ4n) is 5.02. The maximum atomic E-state index is 12.4. The molecule has 2 aromatic carbocycles. The number of H-pyrrole nitrogens is 1. The number of aliphatic hydroxyl groups excluding tert-OH is 1. The Morgan fingerprint density at radius 3 is 2.62 bits per heavy atom. The maximum absolute atomic E-state index is 12.4. The van der Waals surface area contributed by atoms with Gasteiger partial charge in [-0.15, -0.1) is 0 Å². The predicted molar refractivity (Wildman–Crippen MR) is 184 cm³/mol. The van der Waals surface area contributed by atoms with Crippen molar-refractivity contribution in [2.24, 2.45) is 0 Å². The largest absolute Gasteiger partial charge is 0.494 e. The molecule has 246 valence electrons. The number of furan rings is 1. The van der Waals surface area contributed by atoms with E-state index in [2.05, 4.69) is 32.1 Å². The first-order chi connectivity index (χ1) is 22.7. The van der Waals surface area contributed by atoms with Gasteiger partial charge in [0.05, 0.1) is 48.4 Å². The van der Waals surface area contributed by atoms with Crippen molar-refractivity contribution < 1.29 is 23.8 Å². The van der Waals surface area contributed by atoms with Gasteiger partial charge in [0.15, 0.2) is 0 Å². The summed E-state index contributed by atoms with van der Waals surface area (Å²) in [5.41, 5.74) is 5.35. The molecule has 0 bridgehead atoms. The number of benzene rings is 2. The van der Waals surface area contributed by atoms with Crippen LogP contribution in [0.5, 0.6) is 11.7 Å². The van der Waals surface area contributed by atoms with Crippen LogP contribution in [0, 0.1) is 0 Å². The summed E-state index contributed by atoms with van der Waals surface area (Å²) in [7, 11) is 9.12. The molecular formula is C34H40N8O5. The maximum Gasteiger partial charge on any atom is 0.285 e. The van der Waals surface area contributed by atoms with Crippen LogP contribution < -0.4 is 25.0 Å². The highest BCUT2D eigenvalue weighted by Crippen LogP contribution is 2.39. The van der Waals surface area contributed by atoms with Crippen molar-refractivity contribution in [1.29, 1.82) is 0 Å². The molecule has 3 heterocycles. The summed E-state index contributed by atoms with van der Waals surface area (Å²) in [6.45, 7) is 5.18. The number of ether oxygens (including phenoxy) is 2. The number of imidazole rings is 1. The first-order valence-corrected chi connectivity index (χ1v) is 15.1. The predicted octanol–water partition coefficient (Wildman–Crippen LogP) is 5.09. The Morgan fingerprint density at radius 1 is 1.06 bits per heavy atom. The van der Waals surface area contributed by atoms with Gasteiger partial charge in [-0.2, -0.15) is 0 Å². The lowest BCUT2D eigenvalue weighted by Gasteiger charge is -2.26. The number of rotatable bonds is 15. The van der Waals surface area contributed by atoms with E-state index in [1.54, 1.807) is 32.5 Å². The zero-order chi connectivity index (χ0) is 33.5. The van der Waals surface area contributed by atoms with E-state index in [9.17, 15) is 9.90 Å². The van der Waals surface area contributed by atoms with Gasteiger partial charge in [-0.1, -0.05) is 18.7 Å². The zero-order valence-corrected chi connectivity index (χ0v) is 27.3. The minimum atomic E-state index is -0.336. The average Bonchev–Trinajstić information content (AvgIpc) is 3.70. The van der Waals surface area contributed by atoms with Gasteiger partial charge in [0.1, 0.15) is 17.2 Å². The normalized spacial score (nSPS) is 11.1. The molecule has 4 N–H and O–H groups in total. The Bertz CT molecular complexity index is 1860. The molecule has 47 heavy (non-hydrogen) atoms. The number of carbonyl (C=O) groups is 1. The fraction of sp³-hybridized carbons (Fsp3) is 0.294. The first-order valence-electron chi connectivity index (χ1n) is 15.1. The highest BCUT2D eigenvalue weighted by atomic mass is 16.6. The number of amides is 1. The number of nitrogens with one attached hydrogen (secondary N) is 3. The Morgan fingerprint density at radius 2 is 1.89 bits per heavy atom. The number of aryl methyl sites for hydroxylation is 1. The lowest BCUT2D eigenvalue weighted by molar-refractivity contribution is -0.111. The van der Waals surface area contributed by atoms with Gasteiger partial charge in [-0.3, -0.25) is 4.79 Å². The fourth-order valence-corrected chi connectivity index (χ4v) is 5.02. The van der Waals surface area contributed by atoms with Crippen LogP contribution in [0.15, 0.2) is 65.7 Å². The van der Waals surface area contributed by atoms with Crippen LogP contribution in [0.4, 0.5) is 23.0 Å². The number of hydrogen-bond donors (Lipinski definition) is 4. The molecule has 0 radical (unpaired) electrons. The van der Waals surface area contributed by atoms with Crippen molar-refractivity contribution >= 4 is 39.9 Å². The summed E-state index contributed by atoms with van der Waals surface area (Å²) >= 11 is 0. The molecule has 0 atom stereocenters. The van der Waals surface area contributed by atoms with E-state index >= 15 is 0 Å². The molecule has 0 spiro atoms. The average molecular weight is 641 g/mol. The molecule has 13 heteroatoms. The molecule has 0 unspecified atom stereocenters. The summed E-state index contributed by atoms with van der Waals surface area (Å²) in [5, 5.41) is 16.5. The summed E-state index contributed by atoms with van der Waals surface area (Å²) in [6, 6.07) is 13.1. The third-order valence-electron chi connectivity index (χ3n) is 7.51. The number of nitrogens with zero attached hydrogens (tertiary/aromatic N) is 5. The number of methoxy groups -OCH3 is 2. The van der Waals surface area contributed by atoms with E-state index in [1.807, 2.05) is 56.4 Å². The number of hydrogen-bond acceptors (Lipinski definition) is 11. The number of fused-ring (bicyclic) bond motifs is 1. The SMILES string of the molecule is C=CC(=O)Nc1cc(Nc2nccc(-c3[nH]c(CCCO)nc3-c3ccc4cc(OC)oc4c3)n2)c(OC)cc1N(C)CCN(C)C. The molecule has 5 rings (SSSR count). The van der Waals surface area contributed by atoms with Crippen LogP contribution in [-0.2, 0) is 11.2 Å². The molecule has 13 nitrogen and oxygen atoms in total. The monoisotopic (exact) mass is 640 g/mol. The second-order valence-corrected chi connectivity index (χ2v) is 11.1. The lowest BCUT2D eigenvalue weighted by Crippen LogP contribution is -2.29. The van der Waals surface area contributed by atoms with E-state index in [4.69, 9.17) is 23.9 Å². The summed E-state index contributed by atoms with van der Waals surface area (Å²) in [5.74, 6) is 1.65. The summed E-state index contributed by atoms with van der Waals surface area (Å²) in [4.78, 5) is 34.1. The van der Waals surface area contributed by atoms with Crippen LogP contribution in [0.25, 0.3) is 33.6 Å². The third kappa shape index (κ3) is 7.71. The number of likely N-dealkylation sites (N-methyl/N-ethyl adjacent to an activating group) is 2. The van der Waals surface area contributed by atoms with Crippen molar-refractivity contribution in [3.05, 3.63) is 67.1 Å². The Balaban J connectivity index is 1.52. The number of aliphatic hydroxyl groups is 1. The third-order valence-corrected chi connectivity index (χ3v) is 7.51. The van der Waals surface area contributed by atoms with E-state index in [0.717, 1.165) is 29.7 Å². The van der Waals surface area contributed by atoms with Gasteiger partial charge < -0.3 is 44.4 Å². The van der Waals surface area contributed by atoms with Crippen LogP contribution >= 0.6 is 0 Å². The molecule has 5 aromatic rings. The Kier molecular flexibility index (Phi) is 10.4. The van der Waals surface area contributed by atoms with Gasteiger partial charge in [-0.25, -0.2) is 15.0 Å². The number of anilines is 4. The van der Waals surface area contributed by atoms with E-state index in [0.29, 0.717) is 70.3 Å². The zero-order valence-electron chi connectivity index (χ0n) is 27.3. The molecule has 1 amide bonds. The summed E-state index contributed by atoms with van der Waals surface area (Å²) in [6.07, 6.45) is 3.99. The highest BCUT2D eigenvalue weighted by Gasteiger charge is 2.20. The molecule has 0 aliphatic rings. The van der Waals surface area contributed by atoms with Crippen LogP contribution in [0.3, 0.4) is 0 Å². The quantitative estimate of drug-likeness (QED) is 0.113. The standard InChI is InChI=1S/C34H40N8O5/c1-7-30(44)36-24-19-25(28(45-5)20-26(24)42(4)15-14-41(2)3)38-34-35-13-12-23(37-34)33-32(39-29(40-33)9-8-16-43)22-11-10-21-18-31(46-6)47-27(21)17-22/h7,10-13,17-20,43H,1,8-9,14-16H2,2-6H3,(H,36,44)(H,39,40)(H,35,37,38). The van der Waals surface area contributed by atoms with Gasteiger partial charge in [0.2, 0.25) is 11.9 Å². The molecule has 0 fully saturated rings. The summed E-state index contributed by atoms with van der Waals surface area (Å²) < 4.78 is 16.8. The smallest absolute Gasteiger partial charge is 0.285 e. The molecule has 3 aromatic heterocycles. The number of aromatic amines is 1. The van der Waals surface area contributed by atoms with Gasteiger partial charge in [0, 0.05) is 62.4 Å². The molecule has 0 saturated carbocycles. The van der Waals surface area contributed by atoms with Crippen LogP contribution in [0.2, 0.25) is 0 Å². The minimum absolute atomic E-state index is 0.0480. The van der Waals surface area contributed by atoms with Gasteiger partial charge >= 0.3 is 0 Å². The van der Waals surface area contributed by atoms with Crippen LogP contribution in [-0.4, -0.2) is 90.9 Å². The minimum Gasteiger partial charge on any atom is -0.494 e.